The lowest BCUT2D eigenvalue weighted by Crippen LogP contribution is -2.49. The van der Waals surface area contributed by atoms with Crippen molar-refractivity contribution < 1.29 is 31.9 Å². The first-order chi connectivity index (χ1) is 25.3. The molecule has 0 radical (unpaired) electrons. The Balaban J connectivity index is 0.920. The fraction of sp³-hybridized carbons (Fsp3) is 0.583. The molecule has 3 atom stereocenters. The highest BCUT2D eigenvalue weighted by Gasteiger charge is 2.40. The minimum atomic E-state index is -3.51. The molecule has 5 heterocycles. The summed E-state index contributed by atoms with van der Waals surface area (Å²) in [5.41, 5.74) is -0.726. The molecular formula is C36H46F2N8O6S. The average molecular weight is 757 g/mol. The quantitative estimate of drug-likeness (QED) is 0.260. The largest absolute Gasteiger partial charge is 0.388 e. The molecule has 286 valence electrons. The molecule has 7 rings (SSSR count). The number of carbonyl (C=O) groups is 2. The molecule has 4 aliphatic rings. The van der Waals surface area contributed by atoms with Gasteiger partial charge in [0.05, 0.1) is 28.9 Å². The summed E-state index contributed by atoms with van der Waals surface area (Å²) in [6.07, 6.45) is 1.77. The van der Waals surface area contributed by atoms with E-state index in [0.717, 1.165) is 30.4 Å². The van der Waals surface area contributed by atoms with Crippen LogP contribution in [0.1, 0.15) is 81.4 Å². The van der Waals surface area contributed by atoms with E-state index in [1.807, 2.05) is 24.3 Å². The molecule has 2 amide bonds. The molecule has 0 bridgehead atoms. The minimum Gasteiger partial charge on any atom is -0.388 e. The second-order valence-corrected chi connectivity index (χ2v) is 17.0. The Bertz CT molecular complexity index is 2030. The van der Waals surface area contributed by atoms with E-state index in [1.165, 1.54) is 15.1 Å². The molecule has 17 heteroatoms. The number of fused-ring (bicyclic) bond motifs is 1. The summed E-state index contributed by atoms with van der Waals surface area (Å²) in [4.78, 5) is 50.5. The van der Waals surface area contributed by atoms with Crippen molar-refractivity contribution >= 4 is 44.5 Å². The molecule has 1 saturated carbocycles. The Morgan fingerprint density at radius 3 is 2.47 bits per heavy atom. The number of pyridine rings is 1. The highest BCUT2D eigenvalue weighted by Crippen LogP contribution is 2.40. The summed E-state index contributed by atoms with van der Waals surface area (Å²) in [6, 6.07) is 8.12. The number of nitrogens with one attached hydrogen (secondary N) is 2. The third-order valence-corrected chi connectivity index (χ3v) is 13.2. The molecule has 4 fully saturated rings. The minimum absolute atomic E-state index is 0.00690. The van der Waals surface area contributed by atoms with Gasteiger partial charge in [-0.25, -0.2) is 26.5 Å². The summed E-state index contributed by atoms with van der Waals surface area (Å²) in [5, 5.41) is 16.9. The summed E-state index contributed by atoms with van der Waals surface area (Å²) in [7, 11) is -3.51. The Morgan fingerprint density at radius 2 is 1.79 bits per heavy atom. The highest BCUT2D eigenvalue weighted by atomic mass is 32.2. The molecule has 53 heavy (non-hydrogen) atoms. The maximum atomic E-state index is 13.8. The van der Waals surface area contributed by atoms with Crippen LogP contribution in [0.5, 0.6) is 0 Å². The number of piperazine rings is 1. The van der Waals surface area contributed by atoms with Gasteiger partial charge in [0.2, 0.25) is 27.8 Å². The monoisotopic (exact) mass is 756 g/mol. The number of sulfonamides is 1. The van der Waals surface area contributed by atoms with Gasteiger partial charge in [-0.15, -0.1) is 0 Å². The number of carbonyl (C=O) groups excluding carboxylic acids is 2. The summed E-state index contributed by atoms with van der Waals surface area (Å²) in [6.45, 7) is 5.49. The lowest BCUT2D eigenvalue weighted by Gasteiger charge is -2.37. The zero-order valence-electron chi connectivity index (χ0n) is 29.7. The van der Waals surface area contributed by atoms with Gasteiger partial charge in [-0.3, -0.25) is 29.2 Å². The van der Waals surface area contributed by atoms with Crippen molar-refractivity contribution in [2.75, 3.05) is 61.8 Å². The van der Waals surface area contributed by atoms with Gasteiger partial charge in [0.1, 0.15) is 5.65 Å². The van der Waals surface area contributed by atoms with Crippen LogP contribution in [0.2, 0.25) is 0 Å². The molecule has 3 saturated heterocycles. The number of aromatic nitrogens is 3. The van der Waals surface area contributed by atoms with Crippen molar-refractivity contribution in [3.63, 3.8) is 0 Å². The van der Waals surface area contributed by atoms with E-state index in [0.29, 0.717) is 77.7 Å². The predicted molar refractivity (Wildman–Crippen MR) is 194 cm³/mol. The van der Waals surface area contributed by atoms with Crippen LogP contribution in [0, 0.1) is 0 Å². The number of alkyl halides is 2. The van der Waals surface area contributed by atoms with Gasteiger partial charge >= 0.3 is 0 Å². The number of amides is 2. The van der Waals surface area contributed by atoms with Crippen LogP contribution in [-0.4, -0.2) is 112 Å². The number of aliphatic hydroxyl groups is 1. The number of nitrogens with zero attached hydrogens (tertiary/aromatic N) is 6. The first-order valence-corrected chi connectivity index (χ1v) is 20.0. The smallest absolute Gasteiger partial charge is 0.269 e. The number of benzene rings is 1. The molecule has 3 N–H and O–H groups in total. The fourth-order valence-corrected chi connectivity index (χ4v) is 9.72. The summed E-state index contributed by atoms with van der Waals surface area (Å²) >= 11 is 0. The van der Waals surface area contributed by atoms with Crippen molar-refractivity contribution in [1.82, 2.24) is 29.1 Å². The van der Waals surface area contributed by atoms with Gasteiger partial charge < -0.3 is 15.3 Å². The van der Waals surface area contributed by atoms with Crippen LogP contribution in [0.4, 0.5) is 20.4 Å². The number of rotatable bonds is 10. The standard InChI is InChI=1S/C36H46F2N8O6S/c1-36(50)11-3-6-29(36)46-32-24(21-28(31(37)38)34(46)49)22-39-35(42-32)40-25-9-12-45(13-10-25)53(51,52)19-18-43-14-16-44(17-15-43)26-5-2-4-23(20-26)27-7-8-30(47)41-33(27)48/h2,4-5,20-22,25,27,29,31,50H,3,6-19H2,1H3,(H,39,40,42)(H,41,47,48)/t27?,29-,36-/m1/s1. The number of piperidine rings is 2. The third-order valence-electron chi connectivity index (χ3n) is 11.3. The zero-order valence-corrected chi connectivity index (χ0v) is 30.5. The van der Waals surface area contributed by atoms with E-state index < -0.39 is 39.2 Å². The van der Waals surface area contributed by atoms with Gasteiger partial charge in [0, 0.05) is 75.5 Å². The Morgan fingerprint density at radius 1 is 1.04 bits per heavy atom. The third kappa shape index (κ3) is 7.93. The molecule has 3 aliphatic heterocycles. The van der Waals surface area contributed by atoms with E-state index in [4.69, 9.17) is 0 Å². The molecule has 1 aliphatic carbocycles. The van der Waals surface area contributed by atoms with E-state index in [2.05, 4.69) is 30.4 Å². The predicted octanol–water partition coefficient (Wildman–Crippen LogP) is 2.75. The Kier molecular flexibility index (Phi) is 10.5. The van der Waals surface area contributed by atoms with Crippen LogP contribution in [0.25, 0.3) is 11.0 Å². The van der Waals surface area contributed by atoms with Gasteiger partial charge in [0.25, 0.3) is 12.0 Å². The lowest BCUT2D eigenvalue weighted by atomic mass is 9.90. The number of hydrogen-bond acceptors (Lipinski definition) is 11. The molecule has 2 aromatic heterocycles. The van der Waals surface area contributed by atoms with Crippen LogP contribution in [0.3, 0.4) is 0 Å². The maximum Gasteiger partial charge on any atom is 0.269 e. The second-order valence-electron chi connectivity index (χ2n) is 14.9. The van der Waals surface area contributed by atoms with E-state index in [-0.39, 0.29) is 46.5 Å². The molecular weight excluding hydrogens is 711 g/mol. The highest BCUT2D eigenvalue weighted by molar-refractivity contribution is 7.89. The van der Waals surface area contributed by atoms with Crippen LogP contribution >= 0.6 is 0 Å². The van der Waals surface area contributed by atoms with E-state index >= 15 is 0 Å². The number of hydrogen-bond donors (Lipinski definition) is 3. The van der Waals surface area contributed by atoms with Crippen molar-refractivity contribution in [3.05, 3.63) is 58.0 Å². The van der Waals surface area contributed by atoms with Gasteiger partial charge in [0.15, 0.2) is 0 Å². The van der Waals surface area contributed by atoms with Crippen molar-refractivity contribution in [1.29, 1.82) is 0 Å². The van der Waals surface area contributed by atoms with Crippen molar-refractivity contribution in [3.8, 4) is 0 Å². The fourth-order valence-electron chi connectivity index (χ4n) is 8.21. The first kappa shape index (κ1) is 37.3. The summed E-state index contributed by atoms with van der Waals surface area (Å²) in [5.74, 6) is -0.637. The van der Waals surface area contributed by atoms with Gasteiger partial charge in [-0.2, -0.15) is 4.98 Å². The van der Waals surface area contributed by atoms with Crippen LogP contribution in [-0.2, 0) is 19.6 Å². The SMILES string of the molecule is C[C@@]1(O)CCC[C@H]1n1c(=O)c(C(F)F)cc2cnc(NC3CCN(S(=O)(=O)CCN4CCN(c5cccc(C6CCC(=O)NC6=O)c5)CC4)CC3)nc21. The van der Waals surface area contributed by atoms with Gasteiger partial charge in [-0.1, -0.05) is 12.1 Å². The molecule has 1 unspecified atom stereocenters. The topological polar surface area (TPSA) is 170 Å². The van der Waals surface area contributed by atoms with E-state index in [1.54, 1.807) is 6.92 Å². The number of halogens is 2. The van der Waals surface area contributed by atoms with Crippen LogP contribution in [0.15, 0.2) is 41.3 Å². The normalized spacial score (nSPS) is 25.3. The number of imide groups is 1. The second kappa shape index (κ2) is 15.0. The number of anilines is 2. The molecule has 0 spiro atoms. The van der Waals surface area contributed by atoms with Crippen molar-refractivity contribution in [2.45, 2.75) is 81.9 Å². The Labute approximate surface area is 306 Å². The molecule has 3 aromatic rings. The summed E-state index contributed by atoms with van der Waals surface area (Å²) < 4.78 is 57.1. The average Bonchev–Trinajstić information content (AvgIpc) is 3.48. The maximum absolute atomic E-state index is 13.8. The van der Waals surface area contributed by atoms with E-state index in [9.17, 15) is 36.7 Å². The zero-order chi connectivity index (χ0) is 37.5. The lowest BCUT2D eigenvalue weighted by molar-refractivity contribution is -0.134. The van der Waals surface area contributed by atoms with Crippen LogP contribution < -0.4 is 21.1 Å². The molecule has 14 nitrogen and oxygen atoms in total. The van der Waals surface area contributed by atoms with Gasteiger partial charge in [-0.05, 0) is 69.2 Å². The first-order valence-electron chi connectivity index (χ1n) is 18.4. The molecule has 1 aromatic carbocycles. The van der Waals surface area contributed by atoms with Crippen molar-refractivity contribution in [2.24, 2.45) is 0 Å². The Hall–Kier alpha value is -4.06.